The van der Waals surface area contributed by atoms with Crippen LogP contribution in [-0.4, -0.2) is 57.5 Å². The molecule has 2 N–H and O–H groups in total. The summed E-state index contributed by atoms with van der Waals surface area (Å²) in [4.78, 5) is 57.6. The van der Waals surface area contributed by atoms with Crippen molar-refractivity contribution in [3.8, 4) is 11.3 Å². The number of anilines is 1. The minimum atomic E-state index is -0.638. The number of hydrogen-bond donors (Lipinski definition) is 2. The van der Waals surface area contributed by atoms with Crippen LogP contribution in [0.25, 0.3) is 11.3 Å². The van der Waals surface area contributed by atoms with E-state index in [2.05, 4.69) is 21.6 Å². The molecule has 6 rings (SSSR count). The van der Waals surface area contributed by atoms with Crippen molar-refractivity contribution in [1.82, 2.24) is 20.1 Å². The zero-order chi connectivity index (χ0) is 23.4. The third kappa shape index (κ3) is 3.56. The van der Waals surface area contributed by atoms with E-state index in [1.807, 2.05) is 12.1 Å². The van der Waals surface area contributed by atoms with Gasteiger partial charge in [-0.3, -0.25) is 29.4 Å². The fourth-order valence-corrected chi connectivity index (χ4v) is 5.47. The molecule has 5 heterocycles. The Balaban J connectivity index is 1.31. The van der Waals surface area contributed by atoms with Gasteiger partial charge in [-0.15, -0.1) is 0 Å². The van der Waals surface area contributed by atoms with Gasteiger partial charge in [0.15, 0.2) is 0 Å². The number of likely N-dealkylation sites (tertiary alicyclic amines) is 1. The van der Waals surface area contributed by atoms with Crippen molar-refractivity contribution in [2.45, 2.75) is 51.2 Å². The first kappa shape index (κ1) is 21.0. The summed E-state index contributed by atoms with van der Waals surface area (Å²) in [5.74, 6) is -0.326. The van der Waals surface area contributed by atoms with Gasteiger partial charge < -0.3 is 10.2 Å². The predicted molar refractivity (Wildman–Crippen MR) is 123 cm³/mol. The first-order valence-corrected chi connectivity index (χ1v) is 11.8. The molecule has 1 atom stereocenters. The van der Waals surface area contributed by atoms with E-state index in [4.69, 9.17) is 4.98 Å². The maximum absolute atomic E-state index is 13.0. The van der Waals surface area contributed by atoms with Crippen molar-refractivity contribution in [2.75, 3.05) is 18.4 Å². The molecule has 2 saturated heterocycles. The fourth-order valence-electron chi connectivity index (χ4n) is 5.47. The van der Waals surface area contributed by atoms with Crippen LogP contribution >= 0.6 is 0 Å². The smallest absolute Gasteiger partial charge is 0.255 e. The number of pyridine rings is 1. The zero-order valence-corrected chi connectivity index (χ0v) is 18.7. The van der Waals surface area contributed by atoms with Gasteiger partial charge in [-0.1, -0.05) is 6.07 Å². The molecule has 0 spiro atoms. The second-order valence-corrected chi connectivity index (χ2v) is 9.47. The Bertz CT molecular complexity index is 1250. The quantitative estimate of drug-likeness (QED) is 0.672. The molecule has 4 aliphatic heterocycles. The Morgan fingerprint density at radius 3 is 2.62 bits per heavy atom. The summed E-state index contributed by atoms with van der Waals surface area (Å²) in [5.41, 5.74) is 5.11. The molecular weight excluding hydrogens is 434 g/mol. The Hall–Kier alpha value is -3.59. The van der Waals surface area contributed by atoms with Crippen molar-refractivity contribution < 1.29 is 19.2 Å². The highest BCUT2D eigenvalue weighted by Gasteiger charge is 2.39. The monoisotopic (exact) mass is 459 g/mol. The minimum Gasteiger partial charge on any atom is -0.322 e. The van der Waals surface area contributed by atoms with E-state index in [9.17, 15) is 19.2 Å². The van der Waals surface area contributed by atoms with Crippen molar-refractivity contribution in [3.05, 3.63) is 46.5 Å². The van der Waals surface area contributed by atoms with Crippen molar-refractivity contribution in [3.63, 3.8) is 0 Å². The Morgan fingerprint density at radius 1 is 1.00 bits per heavy atom. The summed E-state index contributed by atoms with van der Waals surface area (Å²) in [6.07, 6.45) is 3.31. The molecule has 34 heavy (non-hydrogen) atoms. The van der Waals surface area contributed by atoms with Crippen LogP contribution in [0, 0.1) is 0 Å². The summed E-state index contributed by atoms with van der Waals surface area (Å²) >= 11 is 0. The fraction of sp³-hybridized carbons (Fsp3) is 0.400. The van der Waals surface area contributed by atoms with Crippen molar-refractivity contribution in [1.29, 1.82) is 0 Å². The number of fused-ring (bicyclic) bond motifs is 2. The molecular formula is C25H25N5O4. The van der Waals surface area contributed by atoms with Crippen LogP contribution in [-0.2, 0) is 33.9 Å². The highest BCUT2D eigenvalue weighted by Crippen LogP contribution is 2.34. The molecule has 0 bridgehead atoms. The number of nitrogens with zero attached hydrogens (tertiary/aromatic N) is 3. The summed E-state index contributed by atoms with van der Waals surface area (Å²) in [5, 5.41) is 5.22. The van der Waals surface area contributed by atoms with Gasteiger partial charge in [0, 0.05) is 36.2 Å². The van der Waals surface area contributed by atoms with Gasteiger partial charge in [0.2, 0.25) is 17.7 Å². The average Bonchev–Trinajstić information content (AvgIpc) is 3.53. The lowest BCUT2D eigenvalue weighted by atomic mass is 10.00. The standard InChI is InChI=1S/C25H25N5O4/c31-21-6-5-20(24(33)28-21)30-13-15-9-14(3-4-17(15)25(30)34)19-10-16(12-29-7-1-2-8-29)18-11-22(32)27-23(18)26-19/h3-4,9-10,20H,1-2,5-8,11-13H2,(H,26,27,32)(H,28,31,33). The molecule has 9 nitrogen and oxygen atoms in total. The van der Waals surface area contributed by atoms with Gasteiger partial charge in [0.1, 0.15) is 11.9 Å². The SMILES string of the molecule is O=C1CCC(N2Cc3cc(-c4cc(CN5CCCC5)c5c(n4)NC(=O)C5)ccc3C2=O)C(=O)N1. The lowest BCUT2D eigenvalue weighted by molar-refractivity contribution is -0.137. The number of benzene rings is 1. The first-order valence-electron chi connectivity index (χ1n) is 11.8. The number of nitrogens with one attached hydrogen (secondary N) is 2. The molecule has 9 heteroatoms. The summed E-state index contributed by atoms with van der Waals surface area (Å²) < 4.78 is 0. The van der Waals surface area contributed by atoms with Crippen molar-refractivity contribution in [2.24, 2.45) is 0 Å². The predicted octanol–water partition coefficient (Wildman–Crippen LogP) is 1.60. The zero-order valence-electron chi connectivity index (χ0n) is 18.7. The maximum atomic E-state index is 13.0. The Kier molecular flexibility index (Phi) is 4.95. The number of aromatic nitrogens is 1. The maximum Gasteiger partial charge on any atom is 0.255 e. The molecule has 0 radical (unpaired) electrons. The van der Waals surface area contributed by atoms with Crippen LogP contribution in [0.1, 0.15) is 52.7 Å². The Labute approximate surface area is 196 Å². The van der Waals surface area contributed by atoms with E-state index in [1.165, 1.54) is 12.8 Å². The topological polar surface area (TPSA) is 112 Å². The summed E-state index contributed by atoms with van der Waals surface area (Å²) in [6, 6.07) is 7.03. The van der Waals surface area contributed by atoms with Gasteiger partial charge in [0.05, 0.1) is 12.1 Å². The third-order valence-electron chi connectivity index (χ3n) is 7.22. The van der Waals surface area contributed by atoms with Crippen LogP contribution in [0.15, 0.2) is 24.3 Å². The number of rotatable bonds is 4. The van der Waals surface area contributed by atoms with E-state index in [0.717, 1.165) is 47.6 Å². The van der Waals surface area contributed by atoms with Crippen LogP contribution < -0.4 is 10.6 Å². The molecule has 4 aliphatic rings. The van der Waals surface area contributed by atoms with Crippen LogP contribution in [0.5, 0.6) is 0 Å². The lowest BCUT2D eigenvalue weighted by Gasteiger charge is -2.29. The van der Waals surface area contributed by atoms with E-state index in [0.29, 0.717) is 30.8 Å². The van der Waals surface area contributed by atoms with Crippen LogP contribution in [0.3, 0.4) is 0 Å². The number of amides is 4. The van der Waals surface area contributed by atoms with Gasteiger partial charge in [0.25, 0.3) is 5.91 Å². The lowest BCUT2D eigenvalue weighted by Crippen LogP contribution is -2.52. The van der Waals surface area contributed by atoms with E-state index in [1.54, 1.807) is 11.0 Å². The molecule has 4 amide bonds. The summed E-state index contributed by atoms with van der Waals surface area (Å²) in [6.45, 7) is 3.23. The molecule has 0 saturated carbocycles. The molecule has 2 fully saturated rings. The van der Waals surface area contributed by atoms with Crippen molar-refractivity contribution >= 4 is 29.4 Å². The number of imide groups is 1. The number of piperidine rings is 1. The highest BCUT2D eigenvalue weighted by atomic mass is 16.2. The van der Waals surface area contributed by atoms with E-state index in [-0.39, 0.29) is 24.1 Å². The van der Waals surface area contributed by atoms with E-state index < -0.39 is 11.9 Å². The van der Waals surface area contributed by atoms with Gasteiger partial charge in [-0.2, -0.15) is 0 Å². The Morgan fingerprint density at radius 2 is 1.82 bits per heavy atom. The number of carbonyl (C=O) groups excluding carboxylic acids is 4. The first-order chi connectivity index (χ1) is 16.5. The van der Waals surface area contributed by atoms with Gasteiger partial charge >= 0.3 is 0 Å². The van der Waals surface area contributed by atoms with E-state index >= 15 is 0 Å². The minimum absolute atomic E-state index is 0.0400. The third-order valence-corrected chi connectivity index (χ3v) is 7.22. The molecule has 2 aromatic rings. The number of carbonyl (C=O) groups is 4. The molecule has 1 unspecified atom stereocenters. The molecule has 1 aromatic carbocycles. The summed E-state index contributed by atoms with van der Waals surface area (Å²) in [7, 11) is 0. The molecule has 1 aromatic heterocycles. The average molecular weight is 460 g/mol. The second kappa shape index (κ2) is 8.02. The highest BCUT2D eigenvalue weighted by molar-refractivity contribution is 6.05. The van der Waals surface area contributed by atoms with Crippen LogP contribution in [0.4, 0.5) is 5.82 Å². The largest absolute Gasteiger partial charge is 0.322 e. The second-order valence-electron chi connectivity index (χ2n) is 9.47. The van der Waals surface area contributed by atoms with Crippen LogP contribution in [0.2, 0.25) is 0 Å². The molecule has 0 aliphatic carbocycles. The van der Waals surface area contributed by atoms with Gasteiger partial charge in [-0.25, -0.2) is 4.98 Å². The van der Waals surface area contributed by atoms with Gasteiger partial charge in [-0.05, 0) is 61.7 Å². The molecule has 174 valence electrons. The normalized spacial score (nSPS) is 22.1. The number of hydrogen-bond acceptors (Lipinski definition) is 6.